The fourth-order valence-electron chi connectivity index (χ4n) is 2.06. The largest absolute Gasteiger partial charge is 0.333 e. The van der Waals surface area contributed by atoms with E-state index >= 15 is 0 Å². The van der Waals surface area contributed by atoms with Gasteiger partial charge in [0, 0.05) is 5.56 Å². The number of H-pyrrole nitrogens is 1. The number of hydrogen-bond acceptors (Lipinski definition) is 3. The van der Waals surface area contributed by atoms with Crippen LogP contribution in [0, 0.1) is 18.6 Å². The molecule has 0 saturated heterocycles. The van der Waals surface area contributed by atoms with E-state index in [1.54, 1.807) is 0 Å². The van der Waals surface area contributed by atoms with Crippen LogP contribution in [0.2, 0.25) is 0 Å². The standard InChI is InChI=1S/C16H12F2N2OS/c1-9-2-5-13-14(6-9)20-16(19-13)22-8-15(21)10-3-4-11(17)12(18)7-10/h2-7H,8H2,1H3,(H,19,20). The lowest BCUT2D eigenvalue weighted by atomic mass is 10.1. The van der Waals surface area contributed by atoms with Gasteiger partial charge in [-0.15, -0.1) is 0 Å². The molecule has 3 rings (SSSR count). The Labute approximate surface area is 129 Å². The van der Waals surface area contributed by atoms with Crippen LogP contribution in [0.15, 0.2) is 41.6 Å². The fraction of sp³-hybridized carbons (Fsp3) is 0.125. The van der Waals surface area contributed by atoms with E-state index < -0.39 is 11.6 Å². The third-order valence-corrected chi connectivity index (χ3v) is 4.07. The maximum atomic E-state index is 13.1. The predicted octanol–water partition coefficient (Wildman–Crippen LogP) is 4.12. The number of aromatic amines is 1. The number of imidazole rings is 1. The lowest BCUT2D eigenvalue weighted by Gasteiger charge is -2.00. The Morgan fingerprint density at radius 1 is 1.18 bits per heavy atom. The highest BCUT2D eigenvalue weighted by Gasteiger charge is 2.12. The number of nitrogens with one attached hydrogen (secondary N) is 1. The van der Waals surface area contributed by atoms with Crippen molar-refractivity contribution in [3.05, 3.63) is 59.2 Å². The molecule has 2 aromatic carbocycles. The topological polar surface area (TPSA) is 45.8 Å². The molecule has 0 aliphatic carbocycles. The number of rotatable bonds is 4. The summed E-state index contributed by atoms with van der Waals surface area (Å²) in [5.41, 5.74) is 3.00. The lowest BCUT2D eigenvalue weighted by molar-refractivity contribution is 0.102. The minimum absolute atomic E-state index is 0.101. The normalized spacial score (nSPS) is 11.0. The van der Waals surface area contributed by atoms with Crippen LogP contribution >= 0.6 is 11.8 Å². The number of nitrogens with zero attached hydrogens (tertiary/aromatic N) is 1. The number of benzene rings is 2. The molecule has 0 bridgehead atoms. The van der Waals surface area contributed by atoms with Crippen LogP contribution in [-0.4, -0.2) is 21.5 Å². The SMILES string of the molecule is Cc1ccc2nc(SCC(=O)c3ccc(F)c(F)c3)[nH]c2c1. The van der Waals surface area contributed by atoms with Crippen molar-refractivity contribution in [1.82, 2.24) is 9.97 Å². The second-order valence-electron chi connectivity index (χ2n) is 4.90. The van der Waals surface area contributed by atoms with E-state index in [0.717, 1.165) is 28.7 Å². The van der Waals surface area contributed by atoms with Crippen LogP contribution in [0.3, 0.4) is 0 Å². The molecule has 0 amide bonds. The van der Waals surface area contributed by atoms with Gasteiger partial charge in [-0.1, -0.05) is 17.8 Å². The van der Waals surface area contributed by atoms with Crippen molar-refractivity contribution in [2.45, 2.75) is 12.1 Å². The molecular formula is C16H12F2N2OS. The molecule has 112 valence electrons. The van der Waals surface area contributed by atoms with Crippen molar-refractivity contribution in [2.24, 2.45) is 0 Å². The highest BCUT2D eigenvalue weighted by Crippen LogP contribution is 2.21. The maximum Gasteiger partial charge on any atom is 0.173 e. The molecule has 22 heavy (non-hydrogen) atoms. The summed E-state index contributed by atoms with van der Waals surface area (Å²) >= 11 is 1.23. The number of aromatic nitrogens is 2. The molecule has 0 atom stereocenters. The maximum absolute atomic E-state index is 13.1. The third kappa shape index (κ3) is 3.01. The first-order valence-electron chi connectivity index (χ1n) is 6.60. The molecule has 0 radical (unpaired) electrons. The summed E-state index contributed by atoms with van der Waals surface area (Å²) in [4.78, 5) is 19.5. The molecule has 0 saturated carbocycles. The number of halogens is 2. The molecule has 0 aliphatic rings. The Morgan fingerprint density at radius 3 is 2.77 bits per heavy atom. The fourth-order valence-corrected chi connectivity index (χ4v) is 2.83. The second kappa shape index (κ2) is 5.88. The molecular weight excluding hydrogens is 306 g/mol. The minimum atomic E-state index is -1.02. The van der Waals surface area contributed by atoms with Crippen LogP contribution in [0.4, 0.5) is 8.78 Å². The van der Waals surface area contributed by atoms with Gasteiger partial charge in [-0.25, -0.2) is 13.8 Å². The summed E-state index contributed by atoms with van der Waals surface area (Å²) in [6.07, 6.45) is 0. The summed E-state index contributed by atoms with van der Waals surface area (Å²) < 4.78 is 26.0. The number of hydrogen-bond donors (Lipinski definition) is 1. The summed E-state index contributed by atoms with van der Waals surface area (Å²) in [7, 11) is 0. The molecule has 3 nitrogen and oxygen atoms in total. The van der Waals surface area contributed by atoms with E-state index in [1.165, 1.54) is 17.8 Å². The average molecular weight is 318 g/mol. The van der Waals surface area contributed by atoms with Crippen molar-refractivity contribution >= 4 is 28.6 Å². The summed E-state index contributed by atoms with van der Waals surface area (Å²) in [5, 5.41) is 0.622. The van der Waals surface area contributed by atoms with Gasteiger partial charge in [-0.3, -0.25) is 4.79 Å². The van der Waals surface area contributed by atoms with Gasteiger partial charge in [-0.05, 0) is 42.8 Å². The number of fused-ring (bicyclic) bond motifs is 1. The number of carbonyl (C=O) groups excluding carboxylic acids is 1. The Kier molecular flexibility index (Phi) is 3.94. The van der Waals surface area contributed by atoms with E-state index in [9.17, 15) is 13.6 Å². The Bertz CT molecular complexity index is 860. The van der Waals surface area contributed by atoms with Crippen molar-refractivity contribution in [1.29, 1.82) is 0 Å². The number of thioether (sulfide) groups is 1. The molecule has 0 fully saturated rings. The molecule has 1 N–H and O–H groups in total. The average Bonchev–Trinajstić information content (AvgIpc) is 2.89. The van der Waals surface area contributed by atoms with Gasteiger partial charge < -0.3 is 4.98 Å². The van der Waals surface area contributed by atoms with E-state index in [4.69, 9.17) is 0 Å². The van der Waals surface area contributed by atoms with Gasteiger partial charge in [0.05, 0.1) is 16.8 Å². The monoisotopic (exact) mass is 318 g/mol. The molecule has 6 heteroatoms. The minimum Gasteiger partial charge on any atom is -0.333 e. The van der Waals surface area contributed by atoms with Crippen LogP contribution in [0.5, 0.6) is 0 Å². The van der Waals surface area contributed by atoms with Gasteiger partial charge in [0.2, 0.25) is 0 Å². The molecule has 0 aliphatic heterocycles. The first kappa shape index (κ1) is 14.7. The van der Waals surface area contributed by atoms with Gasteiger partial charge in [0.15, 0.2) is 22.6 Å². The van der Waals surface area contributed by atoms with Crippen molar-refractivity contribution in [2.75, 3.05) is 5.75 Å². The van der Waals surface area contributed by atoms with Crippen LogP contribution in [0.25, 0.3) is 11.0 Å². The Morgan fingerprint density at radius 2 is 2.00 bits per heavy atom. The zero-order valence-electron chi connectivity index (χ0n) is 11.7. The number of aryl methyl sites for hydroxylation is 1. The van der Waals surface area contributed by atoms with Crippen LogP contribution in [0.1, 0.15) is 15.9 Å². The van der Waals surface area contributed by atoms with E-state index in [0.29, 0.717) is 5.16 Å². The van der Waals surface area contributed by atoms with E-state index in [2.05, 4.69) is 9.97 Å². The van der Waals surface area contributed by atoms with Gasteiger partial charge >= 0.3 is 0 Å². The van der Waals surface area contributed by atoms with Crippen molar-refractivity contribution < 1.29 is 13.6 Å². The number of carbonyl (C=O) groups is 1. The number of Topliss-reactive ketones (excluding diaryl/α,β-unsaturated/α-hetero) is 1. The number of ketones is 1. The highest BCUT2D eigenvalue weighted by molar-refractivity contribution is 7.99. The predicted molar refractivity (Wildman–Crippen MR) is 82.2 cm³/mol. The first-order valence-corrected chi connectivity index (χ1v) is 7.59. The van der Waals surface area contributed by atoms with Gasteiger partial charge in [-0.2, -0.15) is 0 Å². The van der Waals surface area contributed by atoms with Crippen LogP contribution in [-0.2, 0) is 0 Å². The summed E-state index contributed by atoms with van der Waals surface area (Å²) in [6.45, 7) is 1.99. The first-order chi connectivity index (χ1) is 10.5. The summed E-state index contributed by atoms with van der Waals surface area (Å²) in [5.74, 6) is -2.16. The van der Waals surface area contributed by atoms with E-state index in [1.807, 2.05) is 25.1 Å². The van der Waals surface area contributed by atoms with Crippen molar-refractivity contribution in [3.8, 4) is 0 Å². The Balaban J connectivity index is 1.72. The van der Waals surface area contributed by atoms with Gasteiger partial charge in [0.1, 0.15) is 0 Å². The zero-order valence-corrected chi connectivity index (χ0v) is 12.5. The Hall–Kier alpha value is -2.21. The third-order valence-electron chi connectivity index (χ3n) is 3.20. The van der Waals surface area contributed by atoms with Crippen LogP contribution < -0.4 is 0 Å². The molecule has 3 aromatic rings. The lowest BCUT2D eigenvalue weighted by Crippen LogP contribution is -2.03. The second-order valence-corrected chi connectivity index (χ2v) is 5.87. The quantitative estimate of drug-likeness (QED) is 0.581. The smallest absolute Gasteiger partial charge is 0.173 e. The molecule has 1 heterocycles. The zero-order chi connectivity index (χ0) is 15.7. The summed E-state index contributed by atoms with van der Waals surface area (Å²) in [6, 6.07) is 9.00. The molecule has 0 unspecified atom stereocenters. The molecule has 1 aromatic heterocycles. The molecule has 0 spiro atoms. The van der Waals surface area contributed by atoms with Gasteiger partial charge in [0.25, 0.3) is 0 Å². The van der Waals surface area contributed by atoms with E-state index in [-0.39, 0.29) is 17.1 Å². The highest BCUT2D eigenvalue weighted by atomic mass is 32.2. The van der Waals surface area contributed by atoms with Crippen molar-refractivity contribution in [3.63, 3.8) is 0 Å².